The van der Waals surface area contributed by atoms with Crippen LogP contribution in [-0.4, -0.2) is 17.5 Å². The molecule has 3 rings (SSSR count). The molecule has 0 spiro atoms. The number of benzene rings is 3. The maximum absolute atomic E-state index is 12.4. The minimum Gasteiger partial charge on any atom is -0.322 e. The number of halogens is 2. The summed E-state index contributed by atoms with van der Waals surface area (Å²) in [7, 11) is 0. The second-order valence-electron chi connectivity index (χ2n) is 6.19. The average molecular weight is 426 g/mol. The van der Waals surface area contributed by atoms with Crippen molar-refractivity contribution in [2.75, 3.05) is 5.32 Å². The van der Waals surface area contributed by atoms with Crippen molar-refractivity contribution in [3.8, 4) is 0 Å². The summed E-state index contributed by atoms with van der Waals surface area (Å²) in [6.45, 7) is 1.77. The lowest BCUT2D eigenvalue weighted by molar-refractivity contribution is 0.0954. The summed E-state index contributed by atoms with van der Waals surface area (Å²) in [5.74, 6) is -0.585. The van der Waals surface area contributed by atoms with Crippen LogP contribution < -0.4 is 10.7 Å². The van der Waals surface area contributed by atoms with Gasteiger partial charge < -0.3 is 5.32 Å². The van der Waals surface area contributed by atoms with E-state index in [9.17, 15) is 9.59 Å². The molecule has 5 nitrogen and oxygen atoms in total. The molecule has 0 saturated heterocycles. The van der Waals surface area contributed by atoms with Gasteiger partial charge in [-0.1, -0.05) is 35.3 Å². The van der Waals surface area contributed by atoms with Gasteiger partial charge in [0.2, 0.25) is 0 Å². The summed E-state index contributed by atoms with van der Waals surface area (Å²) in [6.07, 6.45) is 0. The van der Waals surface area contributed by atoms with E-state index in [1.54, 1.807) is 73.7 Å². The summed E-state index contributed by atoms with van der Waals surface area (Å²) in [4.78, 5) is 24.5. The van der Waals surface area contributed by atoms with E-state index in [0.29, 0.717) is 32.6 Å². The van der Waals surface area contributed by atoms with Crippen molar-refractivity contribution in [2.24, 2.45) is 5.10 Å². The van der Waals surface area contributed by atoms with Gasteiger partial charge in [0.05, 0.1) is 5.71 Å². The van der Waals surface area contributed by atoms with E-state index in [0.717, 1.165) is 5.56 Å². The van der Waals surface area contributed by atoms with Gasteiger partial charge in [0, 0.05) is 26.9 Å². The summed E-state index contributed by atoms with van der Waals surface area (Å²) < 4.78 is 0. The number of hydrogen-bond donors (Lipinski definition) is 2. The molecule has 2 amide bonds. The Morgan fingerprint density at radius 2 is 1.31 bits per heavy atom. The Bertz CT molecular complexity index is 1060. The van der Waals surface area contributed by atoms with E-state index in [1.165, 1.54) is 0 Å². The molecule has 0 aliphatic heterocycles. The first kappa shape index (κ1) is 20.6. The van der Waals surface area contributed by atoms with E-state index in [-0.39, 0.29) is 11.8 Å². The first-order chi connectivity index (χ1) is 13.9. The van der Waals surface area contributed by atoms with Gasteiger partial charge >= 0.3 is 0 Å². The molecule has 0 aliphatic carbocycles. The number of carbonyl (C=O) groups is 2. The molecule has 7 heteroatoms. The number of rotatable bonds is 5. The van der Waals surface area contributed by atoms with Crippen LogP contribution in [0.15, 0.2) is 77.9 Å². The number of nitrogens with one attached hydrogen (secondary N) is 2. The predicted molar refractivity (Wildman–Crippen MR) is 117 cm³/mol. The van der Waals surface area contributed by atoms with Gasteiger partial charge in [0.25, 0.3) is 11.8 Å². The first-order valence-electron chi connectivity index (χ1n) is 8.70. The largest absolute Gasteiger partial charge is 0.322 e. The standard InChI is InChI=1S/C22H17Cl2N3O2/c1-14(26-27-22(29)16-7-11-19(24)12-8-16)17-3-2-4-20(13-17)25-21(28)15-5-9-18(23)10-6-15/h2-13H,1H3,(H,25,28)(H,27,29). The maximum atomic E-state index is 12.4. The summed E-state index contributed by atoms with van der Waals surface area (Å²) >= 11 is 11.7. The SMILES string of the molecule is CC(=NNC(=O)c1ccc(Cl)cc1)c1cccc(NC(=O)c2ccc(Cl)cc2)c1. The van der Waals surface area contributed by atoms with Crippen molar-refractivity contribution in [1.82, 2.24) is 5.43 Å². The number of hydrogen-bond acceptors (Lipinski definition) is 3. The monoisotopic (exact) mass is 425 g/mol. The highest BCUT2D eigenvalue weighted by Gasteiger charge is 2.08. The summed E-state index contributed by atoms with van der Waals surface area (Å²) in [5, 5.41) is 8.09. The highest BCUT2D eigenvalue weighted by atomic mass is 35.5. The number of nitrogens with zero attached hydrogens (tertiary/aromatic N) is 1. The van der Waals surface area contributed by atoms with Crippen LogP contribution in [0.2, 0.25) is 10.0 Å². The minimum atomic E-state index is -0.340. The molecule has 3 aromatic carbocycles. The third-order valence-electron chi connectivity index (χ3n) is 4.08. The molecule has 0 aromatic heterocycles. The third-order valence-corrected chi connectivity index (χ3v) is 4.58. The van der Waals surface area contributed by atoms with Crippen LogP contribution in [0.5, 0.6) is 0 Å². The molecular weight excluding hydrogens is 409 g/mol. The molecule has 2 N–H and O–H groups in total. The first-order valence-corrected chi connectivity index (χ1v) is 9.45. The number of amides is 2. The molecule has 3 aromatic rings. The Morgan fingerprint density at radius 3 is 1.90 bits per heavy atom. The molecule has 146 valence electrons. The number of anilines is 1. The van der Waals surface area contributed by atoms with E-state index in [1.807, 2.05) is 6.07 Å². The summed E-state index contributed by atoms with van der Waals surface area (Å²) in [5.41, 5.74) is 5.43. The lowest BCUT2D eigenvalue weighted by Gasteiger charge is -2.08. The average Bonchev–Trinajstić information content (AvgIpc) is 2.73. The van der Waals surface area contributed by atoms with E-state index < -0.39 is 0 Å². The van der Waals surface area contributed by atoms with Crippen LogP contribution in [0.4, 0.5) is 5.69 Å². The van der Waals surface area contributed by atoms with Crippen molar-refractivity contribution < 1.29 is 9.59 Å². The second-order valence-corrected chi connectivity index (χ2v) is 7.06. The lowest BCUT2D eigenvalue weighted by Crippen LogP contribution is -2.19. The molecule has 0 heterocycles. The topological polar surface area (TPSA) is 70.6 Å². The summed E-state index contributed by atoms with van der Waals surface area (Å²) in [6, 6.07) is 20.3. The predicted octanol–water partition coefficient (Wildman–Crippen LogP) is 5.40. The fourth-order valence-corrected chi connectivity index (χ4v) is 2.74. The zero-order chi connectivity index (χ0) is 20.8. The van der Waals surface area contributed by atoms with Crippen molar-refractivity contribution in [2.45, 2.75) is 6.92 Å². The van der Waals surface area contributed by atoms with Gasteiger partial charge in [-0.3, -0.25) is 9.59 Å². The van der Waals surface area contributed by atoms with Gasteiger partial charge in [0.15, 0.2) is 0 Å². The molecule has 0 aliphatic rings. The van der Waals surface area contributed by atoms with Crippen LogP contribution >= 0.6 is 23.2 Å². The van der Waals surface area contributed by atoms with Gasteiger partial charge in [0.1, 0.15) is 0 Å². The van der Waals surface area contributed by atoms with Crippen molar-refractivity contribution in [3.63, 3.8) is 0 Å². The van der Waals surface area contributed by atoms with Crippen molar-refractivity contribution in [3.05, 3.63) is 99.5 Å². The second kappa shape index (κ2) is 9.37. The number of hydrazone groups is 1. The van der Waals surface area contributed by atoms with E-state index in [2.05, 4.69) is 15.8 Å². The van der Waals surface area contributed by atoms with Crippen molar-refractivity contribution >= 4 is 46.4 Å². The number of carbonyl (C=O) groups excluding carboxylic acids is 2. The Labute approximate surface area is 178 Å². The fraction of sp³-hybridized carbons (Fsp3) is 0.0455. The molecule has 0 atom stereocenters. The quantitative estimate of drug-likeness (QED) is 0.424. The molecule has 0 bridgehead atoms. The Morgan fingerprint density at radius 1 is 0.759 bits per heavy atom. The van der Waals surface area contributed by atoms with Crippen LogP contribution in [0.1, 0.15) is 33.2 Å². The van der Waals surface area contributed by atoms with Gasteiger partial charge in [-0.05, 0) is 73.2 Å². The highest BCUT2D eigenvalue weighted by Crippen LogP contribution is 2.15. The molecule has 29 heavy (non-hydrogen) atoms. The maximum Gasteiger partial charge on any atom is 0.271 e. The minimum absolute atomic E-state index is 0.246. The molecule has 0 radical (unpaired) electrons. The normalized spacial score (nSPS) is 11.1. The molecule has 0 saturated carbocycles. The van der Waals surface area contributed by atoms with Gasteiger partial charge in [-0.25, -0.2) is 5.43 Å². The van der Waals surface area contributed by atoms with Gasteiger partial charge in [-0.15, -0.1) is 0 Å². The van der Waals surface area contributed by atoms with Gasteiger partial charge in [-0.2, -0.15) is 5.10 Å². The fourth-order valence-electron chi connectivity index (χ4n) is 2.49. The molecular formula is C22H17Cl2N3O2. The van der Waals surface area contributed by atoms with Crippen LogP contribution in [0.25, 0.3) is 0 Å². The smallest absolute Gasteiger partial charge is 0.271 e. The third kappa shape index (κ3) is 5.67. The molecule has 0 fully saturated rings. The van der Waals surface area contributed by atoms with E-state index in [4.69, 9.17) is 23.2 Å². The lowest BCUT2D eigenvalue weighted by atomic mass is 10.1. The van der Waals surface area contributed by atoms with Crippen LogP contribution in [0.3, 0.4) is 0 Å². The zero-order valence-electron chi connectivity index (χ0n) is 15.4. The van der Waals surface area contributed by atoms with E-state index >= 15 is 0 Å². The Balaban J connectivity index is 1.68. The van der Waals surface area contributed by atoms with Crippen LogP contribution in [0, 0.1) is 0 Å². The molecule has 0 unspecified atom stereocenters. The van der Waals surface area contributed by atoms with Crippen molar-refractivity contribution in [1.29, 1.82) is 0 Å². The zero-order valence-corrected chi connectivity index (χ0v) is 17.0. The Hall–Kier alpha value is -3.15. The van der Waals surface area contributed by atoms with Crippen LogP contribution in [-0.2, 0) is 0 Å². The highest BCUT2D eigenvalue weighted by molar-refractivity contribution is 6.31. The Kier molecular flexibility index (Phi) is 6.65.